The molecule has 132 valence electrons. The van der Waals surface area contributed by atoms with Gasteiger partial charge in [-0.15, -0.1) is 11.3 Å². The lowest BCUT2D eigenvalue weighted by Crippen LogP contribution is -2.11. The fourth-order valence-electron chi connectivity index (χ4n) is 3.35. The predicted octanol–water partition coefficient (Wildman–Crippen LogP) is 6.36. The van der Waals surface area contributed by atoms with Gasteiger partial charge >= 0.3 is 5.97 Å². The summed E-state index contributed by atoms with van der Waals surface area (Å²) in [5.41, 5.74) is 3.19. The molecule has 1 aliphatic carbocycles. The van der Waals surface area contributed by atoms with Crippen LogP contribution in [0.4, 0.5) is 0 Å². The molecule has 3 rings (SSSR count). The average Bonchev–Trinajstić information content (AvgIpc) is 2.93. The highest BCUT2D eigenvalue weighted by Crippen LogP contribution is 2.60. The number of ether oxygens (including phenoxy) is 1. The minimum Gasteiger partial charge on any atom is -0.461 e. The molecule has 2 nitrogen and oxygen atoms in total. The molecule has 0 radical (unpaired) electrons. The maximum atomic E-state index is 12.5. The van der Waals surface area contributed by atoms with Gasteiger partial charge in [0, 0.05) is 4.88 Å². The molecule has 0 bridgehead atoms. The van der Waals surface area contributed by atoms with Crippen molar-refractivity contribution in [2.75, 3.05) is 0 Å². The molecule has 1 fully saturated rings. The van der Waals surface area contributed by atoms with Crippen LogP contribution >= 0.6 is 34.5 Å². The van der Waals surface area contributed by atoms with E-state index < -0.39 is 0 Å². The lowest BCUT2D eigenvalue weighted by molar-refractivity contribution is -0.147. The van der Waals surface area contributed by atoms with Crippen molar-refractivity contribution in [2.45, 2.75) is 27.4 Å². The summed E-state index contributed by atoms with van der Waals surface area (Å²) in [7, 11) is 0. The lowest BCUT2D eigenvalue weighted by atomic mass is 10.0. The number of esters is 1. The third-order valence-electron chi connectivity index (χ3n) is 5.07. The second-order valence-electron chi connectivity index (χ2n) is 6.96. The highest BCUT2D eigenvalue weighted by atomic mass is 35.5. The van der Waals surface area contributed by atoms with E-state index in [1.807, 2.05) is 32.0 Å². The summed E-state index contributed by atoms with van der Waals surface area (Å²) in [6, 6.07) is 10.2. The molecule has 2 aromatic rings. The van der Waals surface area contributed by atoms with E-state index in [0.717, 1.165) is 11.1 Å². The van der Waals surface area contributed by atoms with Crippen LogP contribution in [0.5, 0.6) is 0 Å². The number of carbonyl (C=O) groups excluding carboxylic acids is 1. The van der Waals surface area contributed by atoms with Gasteiger partial charge in [-0.3, -0.25) is 4.79 Å². The predicted molar refractivity (Wildman–Crippen MR) is 105 cm³/mol. The summed E-state index contributed by atoms with van der Waals surface area (Å²) in [5, 5.41) is 2.06. The fraction of sp³-hybridized carbons (Fsp3) is 0.350. The second-order valence-corrected chi connectivity index (χ2v) is 8.91. The molecule has 0 saturated heterocycles. The van der Waals surface area contributed by atoms with Gasteiger partial charge in [0.05, 0.1) is 5.92 Å². The van der Waals surface area contributed by atoms with Gasteiger partial charge in [0.25, 0.3) is 0 Å². The molecule has 1 aromatic heterocycles. The van der Waals surface area contributed by atoms with E-state index in [9.17, 15) is 4.79 Å². The molecule has 1 aliphatic rings. The van der Waals surface area contributed by atoms with E-state index in [4.69, 9.17) is 27.9 Å². The molecular formula is C20H20Cl2O2S. The zero-order valence-electron chi connectivity index (χ0n) is 14.4. The first-order valence-electron chi connectivity index (χ1n) is 8.14. The minimum atomic E-state index is -0.194. The van der Waals surface area contributed by atoms with Gasteiger partial charge in [-0.25, -0.2) is 0 Å². The van der Waals surface area contributed by atoms with Crippen LogP contribution in [0.15, 0.2) is 46.3 Å². The number of thiophene rings is 1. The summed E-state index contributed by atoms with van der Waals surface area (Å²) in [6.07, 6.45) is 1.73. The van der Waals surface area contributed by atoms with Crippen molar-refractivity contribution in [3.05, 3.63) is 57.4 Å². The van der Waals surface area contributed by atoms with Crippen molar-refractivity contribution in [2.24, 2.45) is 17.3 Å². The van der Waals surface area contributed by atoms with Crippen LogP contribution in [0.1, 0.15) is 25.0 Å². The molecule has 0 aliphatic heterocycles. The van der Waals surface area contributed by atoms with Gasteiger partial charge in [-0.05, 0) is 52.5 Å². The molecule has 1 heterocycles. The third kappa shape index (κ3) is 3.79. The lowest BCUT2D eigenvalue weighted by Gasteiger charge is -2.11. The number of hydrogen-bond acceptors (Lipinski definition) is 3. The van der Waals surface area contributed by atoms with E-state index in [0.29, 0.717) is 0 Å². The standard InChI is InChI=1S/C20H20Cl2O2S/c1-12-13(6-4-7-14(12)16-8-5-9-25-16)11-24-19(23)18-15(10-17(21)22)20(18,2)3/h4-10,15,18H,11H2,1-3H3/t15-,18-/m0/s1. The SMILES string of the molecule is Cc1c(COC(=O)[C@@H]2[C@H](C=C(Cl)Cl)C2(C)C)cccc1-c1cccs1. The van der Waals surface area contributed by atoms with Crippen molar-refractivity contribution < 1.29 is 9.53 Å². The van der Waals surface area contributed by atoms with Crippen LogP contribution in [0.2, 0.25) is 0 Å². The van der Waals surface area contributed by atoms with Gasteiger partial charge in [-0.2, -0.15) is 0 Å². The Labute approximate surface area is 162 Å². The number of allylic oxidation sites excluding steroid dienone is 1. The number of benzene rings is 1. The number of carbonyl (C=O) groups is 1. The van der Waals surface area contributed by atoms with Gasteiger partial charge in [0.2, 0.25) is 0 Å². The van der Waals surface area contributed by atoms with Crippen LogP contribution in [-0.2, 0) is 16.1 Å². The van der Waals surface area contributed by atoms with Crippen LogP contribution in [0.3, 0.4) is 0 Å². The highest BCUT2D eigenvalue weighted by Gasteiger charge is 2.61. The van der Waals surface area contributed by atoms with Gasteiger partial charge in [0.1, 0.15) is 11.1 Å². The summed E-state index contributed by atoms with van der Waals surface area (Å²) < 4.78 is 5.80. The molecule has 0 amide bonds. The summed E-state index contributed by atoms with van der Waals surface area (Å²) in [4.78, 5) is 13.7. The van der Waals surface area contributed by atoms with Crippen molar-refractivity contribution in [3.63, 3.8) is 0 Å². The van der Waals surface area contributed by atoms with E-state index in [1.54, 1.807) is 17.4 Å². The van der Waals surface area contributed by atoms with E-state index >= 15 is 0 Å². The maximum Gasteiger partial charge on any atom is 0.310 e. The Balaban J connectivity index is 1.70. The Hall–Kier alpha value is -1.29. The van der Waals surface area contributed by atoms with E-state index in [1.165, 1.54) is 10.4 Å². The molecule has 0 unspecified atom stereocenters. The average molecular weight is 395 g/mol. The first-order chi connectivity index (χ1) is 11.8. The van der Waals surface area contributed by atoms with Crippen molar-refractivity contribution >= 4 is 40.5 Å². The number of halogens is 2. The fourth-order valence-corrected chi connectivity index (χ4v) is 4.43. The normalized spacial score (nSPS) is 20.8. The zero-order valence-corrected chi connectivity index (χ0v) is 16.7. The summed E-state index contributed by atoms with van der Waals surface area (Å²) in [5.74, 6) is -0.355. The summed E-state index contributed by atoms with van der Waals surface area (Å²) >= 11 is 13.2. The largest absolute Gasteiger partial charge is 0.461 e. The van der Waals surface area contributed by atoms with Gasteiger partial charge < -0.3 is 4.74 Å². The van der Waals surface area contributed by atoms with E-state index in [2.05, 4.69) is 24.4 Å². The van der Waals surface area contributed by atoms with E-state index in [-0.39, 0.29) is 34.3 Å². The maximum absolute atomic E-state index is 12.5. The Bertz CT molecular complexity index is 805. The Morgan fingerprint density at radius 1 is 1.28 bits per heavy atom. The summed E-state index contributed by atoms with van der Waals surface area (Å²) in [6.45, 7) is 6.40. The second kappa shape index (κ2) is 7.14. The smallest absolute Gasteiger partial charge is 0.310 e. The van der Waals surface area contributed by atoms with Crippen LogP contribution in [0.25, 0.3) is 10.4 Å². The molecular weight excluding hydrogens is 375 g/mol. The van der Waals surface area contributed by atoms with Crippen molar-refractivity contribution in [3.8, 4) is 10.4 Å². The molecule has 2 atom stereocenters. The minimum absolute atomic E-state index is 0.0311. The molecule has 0 spiro atoms. The van der Waals surface area contributed by atoms with Crippen LogP contribution < -0.4 is 0 Å². The topological polar surface area (TPSA) is 26.3 Å². The Morgan fingerprint density at radius 3 is 2.68 bits per heavy atom. The van der Waals surface area contributed by atoms with Crippen molar-refractivity contribution in [1.82, 2.24) is 0 Å². The van der Waals surface area contributed by atoms with Crippen LogP contribution in [0, 0.1) is 24.2 Å². The third-order valence-corrected chi connectivity index (χ3v) is 6.23. The van der Waals surface area contributed by atoms with Gasteiger partial charge in [-0.1, -0.05) is 61.3 Å². The zero-order chi connectivity index (χ0) is 18.2. The number of hydrogen-bond donors (Lipinski definition) is 0. The molecule has 5 heteroatoms. The molecule has 1 saturated carbocycles. The quantitative estimate of drug-likeness (QED) is 0.551. The van der Waals surface area contributed by atoms with Gasteiger partial charge in [0.15, 0.2) is 0 Å². The number of rotatable bonds is 5. The Morgan fingerprint density at radius 2 is 2.04 bits per heavy atom. The Kier molecular flexibility index (Phi) is 5.29. The molecule has 1 aromatic carbocycles. The van der Waals surface area contributed by atoms with Crippen LogP contribution in [-0.4, -0.2) is 5.97 Å². The molecule has 0 N–H and O–H groups in total. The molecule has 25 heavy (non-hydrogen) atoms. The highest BCUT2D eigenvalue weighted by molar-refractivity contribution is 7.13. The monoisotopic (exact) mass is 394 g/mol. The first-order valence-corrected chi connectivity index (χ1v) is 9.77. The first kappa shape index (κ1) is 18.5. The van der Waals surface area contributed by atoms with Crippen molar-refractivity contribution in [1.29, 1.82) is 0 Å².